The Hall–Kier alpha value is -2.28. The van der Waals surface area contributed by atoms with Crippen LogP contribution in [0, 0.1) is 5.92 Å². The van der Waals surface area contributed by atoms with E-state index >= 15 is 0 Å². The highest BCUT2D eigenvalue weighted by Gasteiger charge is 2.30. The SMILES string of the molecule is CC(=O)NC(C(=O)N1CCN(Cc2ccc3c(c2)OCO3)CC1)C(C)C. The number of hydrogen-bond acceptors (Lipinski definition) is 5. The molecule has 2 amide bonds. The lowest BCUT2D eigenvalue weighted by molar-refractivity contribution is -0.138. The van der Waals surface area contributed by atoms with Crippen LogP contribution in [0.5, 0.6) is 11.5 Å². The first kappa shape index (κ1) is 18.5. The topological polar surface area (TPSA) is 71.1 Å². The Bertz CT molecular complexity index is 669. The van der Waals surface area contributed by atoms with Gasteiger partial charge in [0, 0.05) is 39.6 Å². The van der Waals surface area contributed by atoms with Gasteiger partial charge in [0.1, 0.15) is 6.04 Å². The Labute approximate surface area is 154 Å². The van der Waals surface area contributed by atoms with Crippen LogP contribution in [0.1, 0.15) is 26.3 Å². The van der Waals surface area contributed by atoms with E-state index in [2.05, 4.69) is 16.3 Å². The van der Waals surface area contributed by atoms with E-state index in [-0.39, 0.29) is 24.5 Å². The molecule has 1 saturated heterocycles. The molecule has 1 aromatic rings. The van der Waals surface area contributed by atoms with Crippen molar-refractivity contribution in [2.24, 2.45) is 5.92 Å². The molecule has 0 radical (unpaired) electrons. The van der Waals surface area contributed by atoms with Crippen molar-refractivity contribution in [3.05, 3.63) is 23.8 Å². The van der Waals surface area contributed by atoms with E-state index in [1.807, 2.05) is 30.9 Å². The molecule has 1 N–H and O–H groups in total. The minimum absolute atomic E-state index is 0.0120. The van der Waals surface area contributed by atoms with Gasteiger partial charge in [-0.15, -0.1) is 0 Å². The van der Waals surface area contributed by atoms with E-state index in [4.69, 9.17) is 9.47 Å². The first-order valence-corrected chi connectivity index (χ1v) is 9.11. The van der Waals surface area contributed by atoms with Crippen molar-refractivity contribution >= 4 is 11.8 Å². The number of benzene rings is 1. The van der Waals surface area contributed by atoms with Crippen LogP contribution >= 0.6 is 0 Å². The molecule has 0 aromatic heterocycles. The second-order valence-corrected chi connectivity index (χ2v) is 7.21. The third-order valence-corrected chi connectivity index (χ3v) is 4.82. The predicted molar refractivity (Wildman–Crippen MR) is 96.9 cm³/mol. The number of nitrogens with zero attached hydrogens (tertiary/aromatic N) is 2. The summed E-state index contributed by atoms with van der Waals surface area (Å²) in [4.78, 5) is 28.3. The van der Waals surface area contributed by atoms with Gasteiger partial charge in [0.25, 0.3) is 0 Å². The summed E-state index contributed by atoms with van der Waals surface area (Å²) in [6, 6.07) is 5.56. The molecule has 1 aromatic carbocycles. The second-order valence-electron chi connectivity index (χ2n) is 7.21. The van der Waals surface area contributed by atoms with Crippen LogP contribution in [0.4, 0.5) is 0 Å². The molecule has 2 aliphatic rings. The zero-order chi connectivity index (χ0) is 18.7. The normalized spacial score (nSPS) is 18.1. The van der Waals surface area contributed by atoms with Crippen LogP contribution < -0.4 is 14.8 Å². The minimum atomic E-state index is -0.451. The van der Waals surface area contributed by atoms with Crippen molar-refractivity contribution in [2.45, 2.75) is 33.4 Å². The fourth-order valence-corrected chi connectivity index (χ4v) is 3.35. The predicted octanol–water partition coefficient (Wildman–Crippen LogP) is 1.22. The maximum absolute atomic E-state index is 12.7. The Morgan fingerprint density at radius 1 is 1.12 bits per heavy atom. The van der Waals surface area contributed by atoms with Crippen LogP contribution in [-0.4, -0.2) is 60.6 Å². The van der Waals surface area contributed by atoms with E-state index in [0.29, 0.717) is 13.1 Å². The highest BCUT2D eigenvalue weighted by Crippen LogP contribution is 2.32. The monoisotopic (exact) mass is 361 g/mol. The van der Waals surface area contributed by atoms with Crippen molar-refractivity contribution in [3.8, 4) is 11.5 Å². The van der Waals surface area contributed by atoms with Gasteiger partial charge >= 0.3 is 0 Å². The maximum atomic E-state index is 12.7. The third kappa shape index (κ3) is 4.27. The lowest BCUT2D eigenvalue weighted by Crippen LogP contribution is -2.56. The van der Waals surface area contributed by atoms with Crippen LogP contribution in [0.15, 0.2) is 18.2 Å². The molecule has 0 bridgehead atoms. The molecule has 0 saturated carbocycles. The van der Waals surface area contributed by atoms with Crippen LogP contribution in [0.2, 0.25) is 0 Å². The molecule has 142 valence electrons. The molecular formula is C19H27N3O4. The van der Waals surface area contributed by atoms with Crippen LogP contribution in [0.3, 0.4) is 0 Å². The number of ether oxygens (including phenoxy) is 2. The van der Waals surface area contributed by atoms with Gasteiger partial charge in [-0.25, -0.2) is 0 Å². The highest BCUT2D eigenvalue weighted by molar-refractivity contribution is 5.87. The van der Waals surface area contributed by atoms with Gasteiger partial charge in [-0.05, 0) is 23.6 Å². The summed E-state index contributed by atoms with van der Waals surface area (Å²) in [5, 5.41) is 2.78. The van der Waals surface area contributed by atoms with Gasteiger partial charge in [0.2, 0.25) is 18.6 Å². The molecule has 2 aliphatic heterocycles. The summed E-state index contributed by atoms with van der Waals surface area (Å²) >= 11 is 0. The number of nitrogens with one attached hydrogen (secondary N) is 1. The van der Waals surface area contributed by atoms with Crippen LogP contribution in [-0.2, 0) is 16.1 Å². The van der Waals surface area contributed by atoms with Gasteiger partial charge in [-0.1, -0.05) is 19.9 Å². The zero-order valence-corrected chi connectivity index (χ0v) is 15.7. The highest BCUT2D eigenvalue weighted by atomic mass is 16.7. The number of amides is 2. The quantitative estimate of drug-likeness (QED) is 0.854. The molecule has 0 aliphatic carbocycles. The number of rotatable bonds is 5. The summed E-state index contributed by atoms with van der Waals surface area (Å²) in [5.74, 6) is 1.50. The van der Waals surface area contributed by atoms with Crippen molar-refractivity contribution in [2.75, 3.05) is 33.0 Å². The van der Waals surface area contributed by atoms with E-state index in [9.17, 15) is 9.59 Å². The van der Waals surface area contributed by atoms with Gasteiger partial charge in [0.15, 0.2) is 11.5 Å². The Morgan fingerprint density at radius 3 is 2.46 bits per heavy atom. The molecule has 7 heteroatoms. The van der Waals surface area contributed by atoms with E-state index in [0.717, 1.165) is 31.1 Å². The van der Waals surface area contributed by atoms with Gasteiger partial charge in [-0.2, -0.15) is 0 Å². The molecule has 0 spiro atoms. The lowest BCUT2D eigenvalue weighted by atomic mass is 10.0. The van der Waals surface area contributed by atoms with Gasteiger partial charge in [0.05, 0.1) is 0 Å². The number of carbonyl (C=O) groups is 2. The number of hydrogen-bond donors (Lipinski definition) is 1. The molecule has 2 heterocycles. The van der Waals surface area contributed by atoms with Gasteiger partial charge < -0.3 is 19.7 Å². The number of carbonyl (C=O) groups excluding carboxylic acids is 2. The molecule has 1 unspecified atom stereocenters. The Balaban J connectivity index is 1.53. The Morgan fingerprint density at radius 2 is 1.81 bits per heavy atom. The summed E-state index contributed by atoms with van der Waals surface area (Å²) < 4.78 is 10.8. The second kappa shape index (κ2) is 7.95. The molecular weight excluding hydrogens is 334 g/mol. The molecule has 1 atom stereocenters. The van der Waals surface area contributed by atoms with E-state index < -0.39 is 6.04 Å². The fraction of sp³-hybridized carbons (Fsp3) is 0.579. The van der Waals surface area contributed by atoms with E-state index in [1.165, 1.54) is 12.5 Å². The third-order valence-electron chi connectivity index (χ3n) is 4.82. The Kier molecular flexibility index (Phi) is 5.66. The van der Waals surface area contributed by atoms with Crippen molar-refractivity contribution in [1.29, 1.82) is 0 Å². The summed E-state index contributed by atoms with van der Waals surface area (Å²) in [6.07, 6.45) is 0. The molecule has 1 fully saturated rings. The molecule has 26 heavy (non-hydrogen) atoms. The van der Waals surface area contributed by atoms with Crippen molar-refractivity contribution in [3.63, 3.8) is 0 Å². The maximum Gasteiger partial charge on any atom is 0.245 e. The fourth-order valence-electron chi connectivity index (χ4n) is 3.35. The molecule has 3 rings (SSSR count). The van der Waals surface area contributed by atoms with E-state index in [1.54, 1.807) is 0 Å². The van der Waals surface area contributed by atoms with Crippen molar-refractivity contribution in [1.82, 2.24) is 15.1 Å². The lowest BCUT2D eigenvalue weighted by Gasteiger charge is -2.37. The summed E-state index contributed by atoms with van der Waals surface area (Å²) in [5.41, 5.74) is 1.17. The largest absolute Gasteiger partial charge is 0.454 e. The first-order chi connectivity index (χ1) is 12.4. The number of fused-ring (bicyclic) bond motifs is 1. The minimum Gasteiger partial charge on any atom is -0.454 e. The standard InChI is InChI=1S/C19H27N3O4/c1-13(2)18(20-14(3)23)19(24)22-8-6-21(7-9-22)11-15-4-5-16-17(10-15)26-12-25-16/h4-5,10,13,18H,6-9,11-12H2,1-3H3,(H,20,23). The summed E-state index contributed by atoms with van der Waals surface area (Å²) in [7, 11) is 0. The number of piperazine rings is 1. The first-order valence-electron chi connectivity index (χ1n) is 9.11. The van der Waals surface area contributed by atoms with Crippen LogP contribution in [0.25, 0.3) is 0 Å². The summed E-state index contributed by atoms with van der Waals surface area (Å²) in [6.45, 7) is 9.42. The smallest absolute Gasteiger partial charge is 0.245 e. The average molecular weight is 361 g/mol. The zero-order valence-electron chi connectivity index (χ0n) is 15.7. The van der Waals surface area contributed by atoms with Crippen molar-refractivity contribution < 1.29 is 19.1 Å². The molecule has 7 nitrogen and oxygen atoms in total. The van der Waals surface area contributed by atoms with Gasteiger partial charge in [-0.3, -0.25) is 14.5 Å². The average Bonchev–Trinajstić information content (AvgIpc) is 3.07.